The summed E-state index contributed by atoms with van der Waals surface area (Å²) in [5.74, 6) is -0.0259. The van der Waals surface area contributed by atoms with Gasteiger partial charge in [0.15, 0.2) is 0 Å². The molecule has 2 N–H and O–H groups in total. The van der Waals surface area contributed by atoms with E-state index in [0.717, 1.165) is 29.3 Å². The molecule has 0 saturated carbocycles. The van der Waals surface area contributed by atoms with Gasteiger partial charge in [-0.25, -0.2) is 4.68 Å². The van der Waals surface area contributed by atoms with Crippen LogP contribution >= 0.6 is 12.4 Å². The number of aryl methyl sites for hydroxylation is 2. The normalized spacial score (nSPS) is 17.2. The molecular formula is C17H23ClN4O2. The molecule has 0 bridgehead atoms. The maximum Gasteiger partial charge on any atom is 0.226 e. The van der Waals surface area contributed by atoms with Crippen LogP contribution in [0.5, 0.6) is 0 Å². The number of ether oxygens (including phenoxy) is 1. The molecule has 1 amide bonds. The van der Waals surface area contributed by atoms with E-state index in [4.69, 9.17) is 4.74 Å². The van der Waals surface area contributed by atoms with Gasteiger partial charge in [-0.3, -0.25) is 4.79 Å². The van der Waals surface area contributed by atoms with Crippen molar-refractivity contribution in [3.8, 4) is 5.69 Å². The predicted octanol–water partition coefficient (Wildman–Crippen LogP) is 2.23. The third-order valence-electron chi connectivity index (χ3n) is 3.85. The van der Waals surface area contributed by atoms with E-state index in [1.807, 2.05) is 48.9 Å². The molecule has 24 heavy (non-hydrogen) atoms. The molecule has 2 aromatic rings. The average Bonchev–Trinajstić information content (AvgIpc) is 2.87. The van der Waals surface area contributed by atoms with Crippen molar-refractivity contribution in [2.45, 2.75) is 26.3 Å². The van der Waals surface area contributed by atoms with Crippen molar-refractivity contribution in [1.29, 1.82) is 0 Å². The number of carbonyl (C=O) groups excluding carboxylic acids is 1. The van der Waals surface area contributed by atoms with E-state index in [9.17, 15) is 4.79 Å². The number of benzene rings is 1. The number of amides is 1. The third kappa shape index (κ3) is 4.35. The summed E-state index contributed by atoms with van der Waals surface area (Å²) in [5.41, 5.74) is 3.62. The molecule has 6 nitrogen and oxygen atoms in total. The minimum Gasteiger partial charge on any atom is -0.378 e. The zero-order valence-corrected chi connectivity index (χ0v) is 14.7. The maximum atomic E-state index is 12.3. The molecule has 1 aliphatic rings. The fourth-order valence-electron chi connectivity index (χ4n) is 2.81. The Kier molecular flexibility index (Phi) is 6.36. The molecule has 1 unspecified atom stereocenters. The first-order chi connectivity index (χ1) is 11.1. The van der Waals surface area contributed by atoms with Gasteiger partial charge in [-0.2, -0.15) is 5.10 Å². The van der Waals surface area contributed by atoms with Crippen LogP contribution in [-0.2, 0) is 9.53 Å². The zero-order chi connectivity index (χ0) is 16.2. The molecule has 1 aromatic carbocycles. The molecule has 1 aromatic heterocycles. The molecule has 130 valence electrons. The van der Waals surface area contributed by atoms with Crippen molar-refractivity contribution in [3.63, 3.8) is 0 Å². The summed E-state index contributed by atoms with van der Waals surface area (Å²) in [6.45, 7) is 6.03. The average molecular weight is 351 g/mol. The van der Waals surface area contributed by atoms with Gasteiger partial charge in [0.2, 0.25) is 5.91 Å². The number of morpholine rings is 1. The molecule has 1 saturated heterocycles. The highest BCUT2D eigenvalue weighted by Gasteiger charge is 2.18. The van der Waals surface area contributed by atoms with Gasteiger partial charge in [-0.1, -0.05) is 12.1 Å². The number of nitrogens with zero attached hydrogens (tertiary/aromatic N) is 2. The van der Waals surface area contributed by atoms with E-state index in [1.165, 1.54) is 0 Å². The Morgan fingerprint density at radius 1 is 1.42 bits per heavy atom. The fourth-order valence-corrected chi connectivity index (χ4v) is 2.81. The van der Waals surface area contributed by atoms with Crippen LogP contribution in [-0.4, -0.2) is 41.5 Å². The number of hydrogen-bond donors (Lipinski definition) is 2. The molecule has 0 radical (unpaired) electrons. The molecule has 3 rings (SSSR count). The largest absolute Gasteiger partial charge is 0.378 e. The quantitative estimate of drug-likeness (QED) is 0.887. The minimum absolute atomic E-state index is 0. The second kappa shape index (κ2) is 8.28. The Bertz CT molecular complexity index is 696. The first-order valence-electron chi connectivity index (χ1n) is 7.87. The number of rotatable bonds is 4. The number of anilines is 1. The summed E-state index contributed by atoms with van der Waals surface area (Å²) in [5, 5.41) is 10.8. The number of halogens is 1. The topological polar surface area (TPSA) is 68.2 Å². The molecule has 1 fully saturated rings. The van der Waals surface area contributed by atoms with Crippen LogP contribution in [0.4, 0.5) is 5.69 Å². The van der Waals surface area contributed by atoms with Crippen molar-refractivity contribution in [1.82, 2.24) is 15.1 Å². The molecule has 0 aliphatic carbocycles. The number of para-hydroxylation sites is 2. The summed E-state index contributed by atoms with van der Waals surface area (Å²) in [6.07, 6.45) is 0.394. The Morgan fingerprint density at radius 2 is 2.21 bits per heavy atom. The highest BCUT2D eigenvalue weighted by molar-refractivity contribution is 5.93. The van der Waals surface area contributed by atoms with Crippen molar-refractivity contribution >= 4 is 24.0 Å². The van der Waals surface area contributed by atoms with Crippen molar-refractivity contribution in [2.75, 3.05) is 25.1 Å². The maximum absolute atomic E-state index is 12.3. The number of hydrogen-bond acceptors (Lipinski definition) is 4. The van der Waals surface area contributed by atoms with Crippen molar-refractivity contribution < 1.29 is 9.53 Å². The standard InChI is InChI=1S/C17H22N4O2.ClH/c1-12-9-13(2)21(20-12)16-6-4-3-5-15(16)19-17(22)10-14-11-23-8-7-18-14;/h3-6,9,14,18H,7-8,10-11H2,1-2H3,(H,19,22);1H. The Hall–Kier alpha value is -1.89. The van der Waals surface area contributed by atoms with E-state index >= 15 is 0 Å². The highest BCUT2D eigenvalue weighted by atomic mass is 35.5. The SMILES string of the molecule is Cc1cc(C)n(-c2ccccc2NC(=O)CC2COCCN2)n1.Cl. The van der Waals surface area contributed by atoms with Crippen molar-refractivity contribution in [2.24, 2.45) is 0 Å². The Morgan fingerprint density at radius 3 is 2.88 bits per heavy atom. The summed E-state index contributed by atoms with van der Waals surface area (Å²) in [7, 11) is 0. The van der Waals surface area contributed by atoms with Crippen LogP contribution in [0.2, 0.25) is 0 Å². The lowest BCUT2D eigenvalue weighted by atomic mass is 10.2. The summed E-state index contributed by atoms with van der Waals surface area (Å²) < 4.78 is 7.24. The van der Waals surface area contributed by atoms with E-state index in [0.29, 0.717) is 19.6 Å². The molecular weight excluding hydrogens is 328 g/mol. The lowest BCUT2D eigenvalue weighted by molar-refractivity contribution is -0.117. The van der Waals surface area contributed by atoms with Crippen LogP contribution in [0.3, 0.4) is 0 Å². The lowest BCUT2D eigenvalue weighted by Crippen LogP contribution is -2.43. The molecule has 1 atom stereocenters. The van der Waals surface area contributed by atoms with Gasteiger partial charge in [-0.05, 0) is 32.0 Å². The highest BCUT2D eigenvalue weighted by Crippen LogP contribution is 2.21. The second-order valence-electron chi connectivity index (χ2n) is 5.83. The van der Waals surface area contributed by atoms with E-state index in [-0.39, 0.29) is 24.4 Å². The van der Waals surface area contributed by atoms with Gasteiger partial charge in [0.05, 0.1) is 30.3 Å². The lowest BCUT2D eigenvalue weighted by Gasteiger charge is -2.23. The van der Waals surface area contributed by atoms with Gasteiger partial charge in [0.25, 0.3) is 0 Å². The predicted molar refractivity (Wildman–Crippen MR) is 96.1 cm³/mol. The number of aromatic nitrogens is 2. The molecule has 2 heterocycles. The molecule has 7 heteroatoms. The van der Waals surface area contributed by atoms with Crippen LogP contribution in [0.25, 0.3) is 5.69 Å². The number of nitrogens with one attached hydrogen (secondary N) is 2. The summed E-state index contributed by atoms with van der Waals surface area (Å²) in [6, 6.07) is 9.79. The van der Waals surface area contributed by atoms with Gasteiger partial charge >= 0.3 is 0 Å². The van der Waals surface area contributed by atoms with Crippen LogP contribution < -0.4 is 10.6 Å². The third-order valence-corrected chi connectivity index (χ3v) is 3.85. The zero-order valence-electron chi connectivity index (χ0n) is 13.9. The Labute approximate surface area is 148 Å². The van der Waals surface area contributed by atoms with Gasteiger partial charge in [0.1, 0.15) is 0 Å². The van der Waals surface area contributed by atoms with E-state index < -0.39 is 0 Å². The molecule has 0 spiro atoms. The van der Waals surface area contributed by atoms with Crippen LogP contribution in [0.15, 0.2) is 30.3 Å². The fraction of sp³-hybridized carbons (Fsp3) is 0.412. The van der Waals surface area contributed by atoms with Crippen LogP contribution in [0, 0.1) is 13.8 Å². The summed E-state index contributed by atoms with van der Waals surface area (Å²) >= 11 is 0. The smallest absolute Gasteiger partial charge is 0.226 e. The van der Waals surface area contributed by atoms with Gasteiger partial charge in [0, 0.05) is 24.7 Å². The minimum atomic E-state index is -0.0259. The van der Waals surface area contributed by atoms with Crippen molar-refractivity contribution in [3.05, 3.63) is 41.7 Å². The number of carbonyl (C=O) groups is 1. The Balaban J connectivity index is 0.00000208. The van der Waals surface area contributed by atoms with Gasteiger partial charge in [-0.15, -0.1) is 12.4 Å². The molecule has 1 aliphatic heterocycles. The van der Waals surface area contributed by atoms with Gasteiger partial charge < -0.3 is 15.4 Å². The second-order valence-corrected chi connectivity index (χ2v) is 5.83. The summed E-state index contributed by atoms with van der Waals surface area (Å²) in [4.78, 5) is 12.3. The van der Waals surface area contributed by atoms with E-state index in [2.05, 4.69) is 15.7 Å². The van der Waals surface area contributed by atoms with E-state index in [1.54, 1.807) is 0 Å². The monoisotopic (exact) mass is 350 g/mol. The first kappa shape index (κ1) is 18.4. The van der Waals surface area contributed by atoms with Crippen LogP contribution in [0.1, 0.15) is 17.8 Å². The first-order valence-corrected chi connectivity index (χ1v) is 7.87.